The van der Waals surface area contributed by atoms with E-state index in [1.54, 1.807) is 7.11 Å². The molecule has 0 radical (unpaired) electrons. The van der Waals surface area contributed by atoms with E-state index in [-0.39, 0.29) is 0 Å². The highest BCUT2D eigenvalue weighted by Crippen LogP contribution is 2.14. The summed E-state index contributed by atoms with van der Waals surface area (Å²) in [6, 6.07) is 4.10. The normalized spacial score (nSPS) is 22.8. The van der Waals surface area contributed by atoms with Crippen molar-refractivity contribution in [2.24, 2.45) is 0 Å². The Labute approximate surface area is 84.7 Å². The fraction of sp³-hybridized carbons (Fsp3) is 0.545. The Morgan fingerprint density at radius 3 is 3.21 bits per heavy atom. The third-order valence-corrected chi connectivity index (χ3v) is 2.69. The summed E-state index contributed by atoms with van der Waals surface area (Å²) in [6.07, 6.45) is 5.31. The molecule has 0 amide bonds. The quantitative estimate of drug-likeness (QED) is 0.722. The van der Waals surface area contributed by atoms with Crippen molar-refractivity contribution in [3.05, 3.63) is 30.1 Å². The Balaban J connectivity index is 1.88. The second kappa shape index (κ2) is 4.53. The van der Waals surface area contributed by atoms with Gasteiger partial charge in [-0.15, -0.1) is 0 Å². The van der Waals surface area contributed by atoms with Crippen molar-refractivity contribution >= 4 is 0 Å². The van der Waals surface area contributed by atoms with Gasteiger partial charge in [0.2, 0.25) is 0 Å². The minimum absolute atomic E-state index is 0.423. The van der Waals surface area contributed by atoms with Crippen LogP contribution in [0.25, 0.3) is 0 Å². The molecule has 1 fully saturated rings. The Bertz CT molecular complexity index is 276. The van der Waals surface area contributed by atoms with Gasteiger partial charge in [0, 0.05) is 39.1 Å². The van der Waals surface area contributed by atoms with Crippen molar-refractivity contribution in [3.8, 4) is 0 Å². The zero-order valence-corrected chi connectivity index (χ0v) is 8.52. The zero-order chi connectivity index (χ0) is 9.80. The lowest BCUT2D eigenvalue weighted by molar-refractivity contribution is 0.107. The van der Waals surface area contributed by atoms with Crippen LogP contribution in [-0.4, -0.2) is 36.2 Å². The lowest BCUT2D eigenvalue weighted by Gasteiger charge is -2.14. The van der Waals surface area contributed by atoms with Crippen LogP contribution in [0.1, 0.15) is 12.0 Å². The molecule has 0 saturated carbocycles. The summed E-state index contributed by atoms with van der Waals surface area (Å²) in [5, 5.41) is 0. The topological polar surface area (TPSA) is 25.4 Å². The minimum Gasteiger partial charge on any atom is -0.380 e. The van der Waals surface area contributed by atoms with Crippen molar-refractivity contribution in [3.63, 3.8) is 0 Å². The summed E-state index contributed by atoms with van der Waals surface area (Å²) in [4.78, 5) is 6.52. The standard InChI is InChI=1S/C11H16N2O/c1-14-11-4-6-13(9-11)8-10-3-2-5-12-7-10/h2-3,5,7,11H,4,6,8-9H2,1H3. The van der Waals surface area contributed by atoms with E-state index in [1.807, 2.05) is 18.5 Å². The first-order valence-corrected chi connectivity index (χ1v) is 5.02. The summed E-state index contributed by atoms with van der Waals surface area (Å²) in [5.74, 6) is 0. The van der Waals surface area contributed by atoms with E-state index in [2.05, 4.69) is 16.0 Å². The molecule has 1 aromatic heterocycles. The molecule has 76 valence electrons. The van der Waals surface area contributed by atoms with E-state index in [0.29, 0.717) is 6.10 Å². The Hall–Kier alpha value is -0.930. The van der Waals surface area contributed by atoms with Crippen molar-refractivity contribution in [1.29, 1.82) is 0 Å². The van der Waals surface area contributed by atoms with Gasteiger partial charge in [-0.05, 0) is 18.1 Å². The average Bonchev–Trinajstić information content (AvgIpc) is 2.67. The number of rotatable bonds is 3. The number of pyridine rings is 1. The molecule has 1 aliphatic rings. The number of aromatic nitrogens is 1. The van der Waals surface area contributed by atoms with Gasteiger partial charge in [-0.1, -0.05) is 6.07 Å². The number of ether oxygens (including phenoxy) is 1. The zero-order valence-electron chi connectivity index (χ0n) is 8.52. The fourth-order valence-electron chi connectivity index (χ4n) is 1.88. The predicted molar refractivity (Wildman–Crippen MR) is 54.9 cm³/mol. The van der Waals surface area contributed by atoms with Gasteiger partial charge in [0.15, 0.2) is 0 Å². The summed E-state index contributed by atoms with van der Waals surface area (Å²) in [7, 11) is 1.79. The molecule has 0 aromatic carbocycles. The van der Waals surface area contributed by atoms with Gasteiger partial charge in [-0.25, -0.2) is 0 Å². The number of methoxy groups -OCH3 is 1. The van der Waals surface area contributed by atoms with E-state index in [9.17, 15) is 0 Å². The highest BCUT2D eigenvalue weighted by atomic mass is 16.5. The first-order chi connectivity index (χ1) is 6.88. The van der Waals surface area contributed by atoms with E-state index in [4.69, 9.17) is 4.74 Å². The molecular weight excluding hydrogens is 176 g/mol. The smallest absolute Gasteiger partial charge is 0.0710 e. The van der Waals surface area contributed by atoms with Gasteiger partial charge < -0.3 is 4.74 Å². The van der Waals surface area contributed by atoms with Crippen LogP contribution in [-0.2, 0) is 11.3 Å². The third kappa shape index (κ3) is 2.30. The summed E-state index contributed by atoms with van der Waals surface area (Å²) < 4.78 is 5.32. The molecule has 0 aliphatic carbocycles. The average molecular weight is 192 g/mol. The maximum Gasteiger partial charge on any atom is 0.0710 e. The highest BCUT2D eigenvalue weighted by Gasteiger charge is 2.21. The molecule has 3 heteroatoms. The SMILES string of the molecule is COC1CCN(Cc2cccnc2)C1. The van der Waals surface area contributed by atoms with Crippen molar-refractivity contribution in [2.45, 2.75) is 19.1 Å². The monoisotopic (exact) mass is 192 g/mol. The van der Waals surface area contributed by atoms with Gasteiger partial charge in [0.25, 0.3) is 0 Å². The molecule has 2 heterocycles. The molecule has 1 aromatic rings. The molecule has 0 spiro atoms. The van der Waals surface area contributed by atoms with Gasteiger partial charge in [-0.3, -0.25) is 9.88 Å². The van der Waals surface area contributed by atoms with Crippen LogP contribution < -0.4 is 0 Å². The minimum atomic E-state index is 0.423. The van der Waals surface area contributed by atoms with Crippen molar-refractivity contribution < 1.29 is 4.74 Å². The summed E-state index contributed by atoms with van der Waals surface area (Å²) >= 11 is 0. The van der Waals surface area contributed by atoms with Gasteiger partial charge in [0.05, 0.1) is 6.10 Å². The lowest BCUT2D eigenvalue weighted by atomic mass is 10.3. The van der Waals surface area contributed by atoms with E-state index < -0.39 is 0 Å². The molecule has 0 N–H and O–H groups in total. The van der Waals surface area contributed by atoms with E-state index in [1.165, 1.54) is 5.56 Å². The van der Waals surface area contributed by atoms with Crippen LogP contribution in [0.3, 0.4) is 0 Å². The molecule has 2 rings (SSSR count). The number of likely N-dealkylation sites (tertiary alicyclic amines) is 1. The van der Waals surface area contributed by atoms with Crippen LogP contribution in [0.5, 0.6) is 0 Å². The molecule has 0 bridgehead atoms. The van der Waals surface area contributed by atoms with Gasteiger partial charge in [-0.2, -0.15) is 0 Å². The first kappa shape index (κ1) is 9.62. The molecule has 1 saturated heterocycles. The third-order valence-electron chi connectivity index (χ3n) is 2.69. The second-order valence-corrected chi connectivity index (χ2v) is 3.74. The van der Waals surface area contributed by atoms with Crippen LogP contribution in [0.2, 0.25) is 0 Å². The highest BCUT2D eigenvalue weighted by molar-refractivity contribution is 5.08. The lowest BCUT2D eigenvalue weighted by Crippen LogP contribution is -2.22. The van der Waals surface area contributed by atoms with Gasteiger partial charge >= 0.3 is 0 Å². The van der Waals surface area contributed by atoms with Crippen LogP contribution in [0.15, 0.2) is 24.5 Å². The van der Waals surface area contributed by atoms with Crippen molar-refractivity contribution in [1.82, 2.24) is 9.88 Å². The Kier molecular flexibility index (Phi) is 3.11. The molecule has 3 nitrogen and oxygen atoms in total. The van der Waals surface area contributed by atoms with E-state index in [0.717, 1.165) is 26.1 Å². The van der Waals surface area contributed by atoms with Crippen molar-refractivity contribution in [2.75, 3.05) is 20.2 Å². The van der Waals surface area contributed by atoms with Gasteiger partial charge in [0.1, 0.15) is 0 Å². The maximum atomic E-state index is 5.32. The van der Waals surface area contributed by atoms with Crippen LogP contribution in [0.4, 0.5) is 0 Å². The van der Waals surface area contributed by atoms with Crippen LogP contribution >= 0.6 is 0 Å². The molecule has 1 aliphatic heterocycles. The maximum absolute atomic E-state index is 5.32. The number of hydrogen-bond acceptors (Lipinski definition) is 3. The number of nitrogens with zero attached hydrogens (tertiary/aromatic N) is 2. The summed E-state index contributed by atoms with van der Waals surface area (Å²) in [5.41, 5.74) is 1.28. The molecular formula is C11H16N2O. The first-order valence-electron chi connectivity index (χ1n) is 5.02. The van der Waals surface area contributed by atoms with E-state index >= 15 is 0 Å². The predicted octanol–water partition coefficient (Wildman–Crippen LogP) is 1.30. The van der Waals surface area contributed by atoms with Crippen LogP contribution in [0, 0.1) is 0 Å². The number of hydrogen-bond donors (Lipinski definition) is 0. The second-order valence-electron chi connectivity index (χ2n) is 3.74. The molecule has 14 heavy (non-hydrogen) atoms. The Morgan fingerprint density at radius 2 is 2.57 bits per heavy atom. The molecule has 1 atom stereocenters. The molecule has 1 unspecified atom stereocenters. The Morgan fingerprint density at radius 1 is 1.64 bits per heavy atom. The fourth-order valence-corrected chi connectivity index (χ4v) is 1.88. The largest absolute Gasteiger partial charge is 0.380 e. The summed E-state index contributed by atoms with van der Waals surface area (Å²) in [6.45, 7) is 3.17.